The zero-order valence-corrected chi connectivity index (χ0v) is 17.7. The smallest absolute Gasteiger partial charge is 0.270 e. The van der Waals surface area contributed by atoms with Crippen LogP contribution in [0.5, 0.6) is 0 Å². The van der Waals surface area contributed by atoms with Crippen LogP contribution in [-0.4, -0.2) is 54.6 Å². The van der Waals surface area contributed by atoms with E-state index in [2.05, 4.69) is 15.9 Å². The normalized spacial score (nSPS) is 15.6. The van der Waals surface area contributed by atoms with Crippen LogP contribution >= 0.6 is 15.9 Å². The molecule has 10 heteroatoms. The molecule has 0 saturated carbocycles. The number of rotatable bonds is 5. The van der Waals surface area contributed by atoms with Crippen molar-refractivity contribution in [2.45, 2.75) is 4.90 Å². The summed E-state index contributed by atoms with van der Waals surface area (Å²) in [7, 11) is -3.62. The van der Waals surface area contributed by atoms with E-state index in [1.165, 1.54) is 28.6 Å². The van der Waals surface area contributed by atoms with Crippen molar-refractivity contribution in [2.75, 3.05) is 26.2 Å². The molecule has 1 aliphatic rings. The number of sulfonamides is 1. The first-order chi connectivity index (χ1) is 13.8. The molecule has 1 aliphatic heterocycles. The van der Waals surface area contributed by atoms with E-state index in [4.69, 9.17) is 0 Å². The molecular weight excluding hydrogens is 462 g/mol. The summed E-state index contributed by atoms with van der Waals surface area (Å²) in [5, 5.41) is 10.8. The van der Waals surface area contributed by atoms with Gasteiger partial charge in [0.2, 0.25) is 15.9 Å². The topological polar surface area (TPSA) is 101 Å². The molecular formula is C19H18BrN3O5S. The number of carbonyl (C=O) groups excluding carboxylic acids is 1. The van der Waals surface area contributed by atoms with Gasteiger partial charge in [-0.25, -0.2) is 8.42 Å². The Morgan fingerprint density at radius 2 is 1.76 bits per heavy atom. The lowest BCUT2D eigenvalue weighted by atomic mass is 10.2. The summed E-state index contributed by atoms with van der Waals surface area (Å²) in [4.78, 5) is 24.5. The molecule has 0 N–H and O–H groups in total. The third-order valence-corrected chi connectivity index (χ3v) is 6.87. The molecule has 2 aromatic carbocycles. The number of non-ortho nitro benzene ring substituents is 1. The van der Waals surface area contributed by atoms with E-state index in [0.717, 1.165) is 0 Å². The second kappa shape index (κ2) is 8.85. The monoisotopic (exact) mass is 479 g/mol. The predicted molar refractivity (Wildman–Crippen MR) is 112 cm³/mol. The Labute approximate surface area is 176 Å². The van der Waals surface area contributed by atoms with Gasteiger partial charge in [0.25, 0.3) is 5.69 Å². The third kappa shape index (κ3) is 5.08. The maximum Gasteiger partial charge on any atom is 0.270 e. The zero-order chi connectivity index (χ0) is 21.0. The van der Waals surface area contributed by atoms with Crippen molar-refractivity contribution in [3.05, 3.63) is 74.8 Å². The van der Waals surface area contributed by atoms with E-state index in [9.17, 15) is 23.3 Å². The number of nitro groups is 1. The van der Waals surface area contributed by atoms with Crippen LogP contribution in [0.25, 0.3) is 6.08 Å². The lowest BCUT2D eigenvalue weighted by molar-refractivity contribution is -0.384. The number of hydrogen-bond donors (Lipinski definition) is 0. The zero-order valence-electron chi connectivity index (χ0n) is 15.3. The molecule has 0 unspecified atom stereocenters. The number of hydrogen-bond acceptors (Lipinski definition) is 5. The van der Waals surface area contributed by atoms with E-state index >= 15 is 0 Å². The molecule has 1 heterocycles. The van der Waals surface area contributed by atoms with Gasteiger partial charge in [-0.15, -0.1) is 0 Å². The molecule has 1 fully saturated rings. The van der Waals surface area contributed by atoms with Crippen molar-refractivity contribution >= 4 is 43.6 Å². The summed E-state index contributed by atoms with van der Waals surface area (Å²) >= 11 is 3.28. The molecule has 0 aromatic heterocycles. The molecule has 0 atom stereocenters. The first-order valence-electron chi connectivity index (χ1n) is 8.74. The molecule has 29 heavy (non-hydrogen) atoms. The van der Waals surface area contributed by atoms with Crippen molar-refractivity contribution in [1.29, 1.82) is 0 Å². The highest BCUT2D eigenvalue weighted by Crippen LogP contribution is 2.21. The SMILES string of the molecule is O=C(/C=C/c1cccc([N+](=O)[O-])c1)N1CCN(S(=O)(=O)c2cccc(Br)c2)CC1. The fourth-order valence-electron chi connectivity index (χ4n) is 2.94. The summed E-state index contributed by atoms with van der Waals surface area (Å²) in [6.07, 6.45) is 2.86. The van der Waals surface area contributed by atoms with Gasteiger partial charge in [-0.3, -0.25) is 14.9 Å². The lowest BCUT2D eigenvalue weighted by Gasteiger charge is -2.33. The molecule has 1 saturated heterocycles. The van der Waals surface area contributed by atoms with Crippen LogP contribution in [0, 0.1) is 10.1 Å². The summed E-state index contributed by atoms with van der Waals surface area (Å²) in [5.74, 6) is -0.268. The van der Waals surface area contributed by atoms with E-state index in [1.807, 2.05) is 0 Å². The van der Waals surface area contributed by atoms with E-state index < -0.39 is 14.9 Å². The molecule has 0 aliphatic carbocycles. The fourth-order valence-corrected chi connectivity index (χ4v) is 4.96. The Balaban J connectivity index is 1.62. The van der Waals surface area contributed by atoms with Gasteiger partial charge in [0.15, 0.2) is 0 Å². The third-order valence-electron chi connectivity index (χ3n) is 4.48. The Hall–Kier alpha value is -2.56. The lowest BCUT2D eigenvalue weighted by Crippen LogP contribution is -2.50. The van der Waals surface area contributed by atoms with Crippen LogP contribution in [0.3, 0.4) is 0 Å². The summed E-state index contributed by atoms with van der Waals surface area (Å²) in [5.41, 5.74) is 0.495. The average Bonchev–Trinajstić information content (AvgIpc) is 2.72. The van der Waals surface area contributed by atoms with E-state index in [0.29, 0.717) is 10.0 Å². The van der Waals surface area contributed by atoms with Crippen molar-refractivity contribution in [3.8, 4) is 0 Å². The van der Waals surface area contributed by atoms with Crippen LogP contribution in [0.15, 0.2) is 64.0 Å². The van der Waals surface area contributed by atoms with Gasteiger partial charge in [0.05, 0.1) is 9.82 Å². The van der Waals surface area contributed by atoms with Crippen LogP contribution < -0.4 is 0 Å². The summed E-state index contributed by atoms with van der Waals surface area (Å²) in [6.45, 7) is 0.938. The van der Waals surface area contributed by atoms with Crippen molar-refractivity contribution in [2.24, 2.45) is 0 Å². The molecule has 3 rings (SSSR count). The highest BCUT2D eigenvalue weighted by molar-refractivity contribution is 9.10. The van der Waals surface area contributed by atoms with Crippen molar-refractivity contribution < 1.29 is 18.1 Å². The van der Waals surface area contributed by atoms with Gasteiger partial charge >= 0.3 is 0 Å². The predicted octanol–water partition coefficient (Wildman–Crippen LogP) is 2.90. The van der Waals surface area contributed by atoms with Gasteiger partial charge < -0.3 is 4.90 Å². The molecule has 1 amide bonds. The van der Waals surface area contributed by atoms with E-state index in [1.54, 1.807) is 41.3 Å². The number of amides is 1. The highest BCUT2D eigenvalue weighted by atomic mass is 79.9. The molecule has 152 valence electrons. The number of carbonyl (C=O) groups is 1. The minimum atomic E-state index is -3.62. The second-order valence-electron chi connectivity index (χ2n) is 6.37. The maximum atomic E-state index is 12.7. The quantitative estimate of drug-likeness (QED) is 0.372. The number of piperazine rings is 1. The Bertz CT molecular complexity index is 1060. The second-order valence-corrected chi connectivity index (χ2v) is 9.23. The Morgan fingerprint density at radius 1 is 1.07 bits per heavy atom. The largest absolute Gasteiger partial charge is 0.337 e. The Morgan fingerprint density at radius 3 is 2.41 bits per heavy atom. The first kappa shape index (κ1) is 21.2. The minimum absolute atomic E-state index is 0.0500. The molecule has 8 nitrogen and oxygen atoms in total. The van der Waals surface area contributed by atoms with Gasteiger partial charge in [0, 0.05) is 48.9 Å². The first-order valence-corrected chi connectivity index (χ1v) is 11.0. The van der Waals surface area contributed by atoms with Crippen molar-refractivity contribution in [3.63, 3.8) is 0 Å². The maximum absolute atomic E-state index is 12.7. The van der Waals surface area contributed by atoms with Gasteiger partial charge in [-0.2, -0.15) is 4.31 Å². The minimum Gasteiger partial charge on any atom is -0.337 e. The highest BCUT2D eigenvalue weighted by Gasteiger charge is 2.29. The number of nitro benzene ring substituents is 1. The molecule has 0 spiro atoms. The molecule has 0 bridgehead atoms. The van der Waals surface area contributed by atoms with Crippen LogP contribution in [0.1, 0.15) is 5.56 Å². The number of nitrogens with zero attached hydrogens (tertiary/aromatic N) is 3. The van der Waals surface area contributed by atoms with Gasteiger partial charge in [-0.1, -0.05) is 34.1 Å². The van der Waals surface area contributed by atoms with Crippen molar-refractivity contribution in [1.82, 2.24) is 9.21 Å². The van der Waals surface area contributed by atoms with Gasteiger partial charge in [0.1, 0.15) is 0 Å². The fraction of sp³-hybridized carbons (Fsp3) is 0.211. The van der Waals surface area contributed by atoms with E-state index in [-0.39, 0.29) is 42.7 Å². The Kier molecular flexibility index (Phi) is 6.46. The number of benzene rings is 2. The summed E-state index contributed by atoms with van der Waals surface area (Å²) in [6, 6.07) is 12.5. The summed E-state index contributed by atoms with van der Waals surface area (Å²) < 4.78 is 27.5. The average molecular weight is 480 g/mol. The molecule has 2 aromatic rings. The standard InChI is InChI=1S/C19H18BrN3O5S/c20-16-4-2-6-18(14-16)29(27,28)22-11-9-21(10-12-22)19(24)8-7-15-3-1-5-17(13-15)23(25)26/h1-8,13-14H,9-12H2/b8-7+. The van der Waals surface area contributed by atoms with Crippen LogP contribution in [0.2, 0.25) is 0 Å². The van der Waals surface area contributed by atoms with Crippen LogP contribution in [-0.2, 0) is 14.8 Å². The number of halogens is 1. The molecule has 0 radical (unpaired) electrons. The van der Waals surface area contributed by atoms with Gasteiger partial charge in [-0.05, 0) is 29.8 Å². The van der Waals surface area contributed by atoms with Crippen LogP contribution in [0.4, 0.5) is 5.69 Å².